The second-order valence-corrected chi connectivity index (χ2v) is 4.48. The Kier molecular flexibility index (Phi) is 12.9. The molecular formula is C13H24O8. The second-order valence-electron chi connectivity index (χ2n) is 4.48. The molecule has 0 radical (unpaired) electrons. The Balaban J connectivity index is 0. The summed E-state index contributed by atoms with van der Waals surface area (Å²) in [7, 11) is 0. The Morgan fingerprint density at radius 3 is 2.00 bits per heavy atom. The van der Waals surface area contributed by atoms with E-state index in [2.05, 4.69) is 4.74 Å². The van der Waals surface area contributed by atoms with Gasteiger partial charge in [0, 0.05) is 6.42 Å². The molecule has 8 heteroatoms. The summed E-state index contributed by atoms with van der Waals surface area (Å²) < 4.78 is 4.69. The molecule has 0 unspecified atom stereocenters. The van der Waals surface area contributed by atoms with E-state index in [1.807, 2.05) is 0 Å². The number of aliphatic hydroxyl groups is 4. The summed E-state index contributed by atoms with van der Waals surface area (Å²) in [6.45, 7) is 4.00. The van der Waals surface area contributed by atoms with Crippen molar-refractivity contribution in [1.82, 2.24) is 0 Å². The molecule has 0 aromatic carbocycles. The molecule has 0 saturated heterocycles. The molecule has 0 aliphatic carbocycles. The lowest BCUT2D eigenvalue weighted by molar-refractivity contribution is -0.174. The molecule has 0 bridgehead atoms. The van der Waals surface area contributed by atoms with Crippen LogP contribution in [0, 0.1) is 0 Å². The summed E-state index contributed by atoms with van der Waals surface area (Å²) in [4.78, 5) is 31.0. The van der Waals surface area contributed by atoms with Crippen LogP contribution in [-0.4, -0.2) is 69.5 Å². The highest BCUT2D eigenvalue weighted by Crippen LogP contribution is 2.10. The average Bonchev–Trinajstić information content (AvgIpc) is 2.42. The van der Waals surface area contributed by atoms with Gasteiger partial charge in [0.25, 0.3) is 0 Å². The average molecular weight is 308 g/mol. The van der Waals surface area contributed by atoms with Gasteiger partial charge in [-0.15, -0.1) is 0 Å². The minimum atomic E-state index is -1.76. The number of Topliss-reactive ketones (excluding diaryl/α,β-unsaturated/α-hetero) is 1. The van der Waals surface area contributed by atoms with Gasteiger partial charge in [-0.1, -0.05) is 6.92 Å². The predicted octanol–water partition coefficient (Wildman–Crippen LogP) is -1.43. The minimum Gasteiger partial charge on any atom is -0.456 e. The first-order valence-electron chi connectivity index (χ1n) is 6.48. The van der Waals surface area contributed by atoms with Gasteiger partial charge in [0.05, 0.1) is 6.61 Å². The van der Waals surface area contributed by atoms with Crippen LogP contribution >= 0.6 is 0 Å². The van der Waals surface area contributed by atoms with E-state index >= 15 is 0 Å². The van der Waals surface area contributed by atoms with Crippen molar-refractivity contribution in [3.63, 3.8) is 0 Å². The molecule has 0 aromatic rings. The third-order valence-corrected chi connectivity index (χ3v) is 2.12. The topological polar surface area (TPSA) is 141 Å². The number of hydrogen-bond acceptors (Lipinski definition) is 8. The van der Waals surface area contributed by atoms with E-state index in [9.17, 15) is 24.6 Å². The fourth-order valence-corrected chi connectivity index (χ4v) is 1.16. The first-order valence-corrected chi connectivity index (χ1v) is 6.48. The van der Waals surface area contributed by atoms with Crippen molar-refractivity contribution < 1.29 is 39.5 Å². The van der Waals surface area contributed by atoms with Crippen LogP contribution in [0.5, 0.6) is 0 Å². The third kappa shape index (κ3) is 11.0. The summed E-state index contributed by atoms with van der Waals surface area (Å²) >= 11 is 0. The highest BCUT2D eigenvalue weighted by Gasteiger charge is 2.34. The molecule has 4 N–H and O–H groups in total. The van der Waals surface area contributed by atoms with E-state index in [-0.39, 0.29) is 18.5 Å². The summed E-state index contributed by atoms with van der Waals surface area (Å²) in [6, 6.07) is 0. The fourth-order valence-electron chi connectivity index (χ4n) is 1.16. The quantitative estimate of drug-likeness (QED) is 0.316. The van der Waals surface area contributed by atoms with Gasteiger partial charge in [-0.25, -0.2) is 0 Å². The Morgan fingerprint density at radius 1 is 1.19 bits per heavy atom. The Morgan fingerprint density at radius 2 is 1.67 bits per heavy atom. The molecule has 8 nitrogen and oxygen atoms in total. The molecule has 4 atom stereocenters. The zero-order valence-electron chi connectivity index (χ0n) is 12.4. The molecule has 0 amide bonds. The monoisotopic (exact) mass is 308 g/mol. The zero-order valence-corrected chi connectivity index (χ0v) is 12.4. The first-order chi connectivity index (χ1) is 9.70. The second kappa shape index (κ2) is 12.4. The molecule has 0 aromatic heterocycles. The Hall–Kier alpha value is -1.35. The van der Waals surface area contributed by atoms with Gasteiger partial charge in [-0.3, -0.25) is 4.79 Å². The number of carbonyl (C=O) groups is 3. The number of carbonyl (C=O) groups excluding carboxylic acids is 3. The third-order valence-electron chi connectivity index (χ3n) is 2.12. The van der Waals surface area contributed by atoms with E-state index in [1.54, 1.807) is 6.92 Å². The Bertz CT molecular complexity index is 313. The standard InChI is InChI=1S/C10H18O7.C3H6O/c1-2-3-8(15)17-10(7(14)5-12)9(16)6(13)4-11;1-3(2)4/h5-7,9-11,13-14,16H,2-4H2,1H3;1-2H3/t6-,7+,9-,10-;/m1./s1. The molecule has 0 fully saturated rings. The van der Waals surface area contributed by atoms with Gasteiger partial charge in [-0.05, 0) is 20.3 Å². The van der Waals surface area contributed by atoms with Crippen LogP contribution in [0.15, 0.2) is 0 Å². The van der Waals surface area contributed by atoms with Gasteiger partial charge in [0.15, 0.2) is 12.4 Å². The van der Waals surface area contributed by atoms with Crippen LogP contribution in [-0.2, 0) is 19.1 Å². The molecule has 0 heterocycles. The van der Waals surface area contributed by atoms with Crippen molar-refractivity contribution in [1.29, 1.82) is 0 Å². The van der Waals surface area contributed by atoms with Gasteiger partial charge in [-0.2, -0.15) is 0 Å². The molecule has 0 saturated carbocycles. The van der Waals surface area contributed by atoms with Crippen LogP contribution in [0.3, 0.4) is 0 Å². The molecule has 0 rings (SSSR count). The maximum Gasteiger partial charge on any atom is 0.306 e. The highest BCUT2D eigenvalue weighted by molar-refractivity contribution is 5.72. The number of aldehydes is 1. The van der Waals surface area contributed by atoms with Crippen molar-refractivity contribution in [3.05, 3.63) is 0 Å². The minimum absolute atomic E-state index is 0.0595. The summed E-state index contributed by atoms with van der Waals surface area (Å²) in [5.41, 5.74) is 0. The van der Waals surface area contributed by atoms with Crippen molar-refractivity contribution in [3.8, 4) is 0 Å². The number of aliphatic hydroxyl groups excluding tert-OH is 4. The molecule has 0 spiro atoms. The van der Waals surface area contributed by atoms with E-state index in [0.29, 0.717) is 6.42 Å². The highest BCUT2D eigenvalue weighted by atomic mass is 16.6. The number of ether oxygens (including phenoxy) is 1. The largest absolute Gasteiger partial charge is 0.456 e. The Labute approximate surface area is 123 Å². The lowest BCUT2D eigenvalue weighted by atomic mass is 10.0. The van der Waals surface area contributed by atoms with Gasteiger partial charge in [0.2, 0.25) is 0 Å². The fraction of sp³-hybridized carbons (Fsp3) is 0.769. The van der Waals surface area contributed by atoms with Gasteiger partial charge >= 0.3 is 5.97 Å². The molecule has 0 aliphatic rings. The molecule has 124 valence electrons. The molecule has 21 heavy (non-hydrogen) atoms. The number of ketones is 1. The van der Waals surface area contributed by atoms with Crippen molar-refractivity contribution in [2.45, 2.75) is 58.0 Å². The van der Waals surface area contributed by atoms with Crippen molar-refractivity contribution >= 4 is 18.0 Å². The van der Waals surface area contributed by atoms with Crippen molar-refractivity contribution in [2.24, 2.45) is 0 Å². The first kappa shape index (κ1) is 21.9. The van der Waals surface area contributed by atoms with Crippen LogP contribution in [0.4, 0.5) is 0 Å². The smallest absolute Gasteiger partial charge is 0.306 e. The lowest BCUT2D eigenvalue weighted by Gasteiger charge is -2.27. The maximum atomic E-state index is 11.2. The van der Waals surface area contributed by atoms with E-state index < -0.39 is 37.0 Å². The summed E-state index contributed by atoms with van der Waals surface area (Å²) in [5, 5.41) is 36.5. The van der Waals surface area contributed by atoms with Crippen LogP contribution < -0.4 is 0 Å². The number of esters is 1. The van der Waals surface area contributed by atoms with Crippen LogP contribution in [0.1, 0.15) is 33.6 Å². The van der Waals surface area contributed by atoms with E-state index in [1.165, 1.54) is 13.8 Å². The zero-order chi connectivity index (χ0) is 17.0. The lowest BCUT2D eigenvalue weighted by Crippen LogP contribution is -2.48. The maximum absolute atomic E-state index is 11.2. The number of rotatable bonds is 8. The van der Waals surface area contributed by atoms with Crippen LogP contribution in [0.25, 0.3) is 0 Å². The van der Waals surface area contributed by atoms with E-state index in [0.717, 1.165) is 0 Å². The predicted molar refractivity (Wildman–Crippen MR) is 72.3 cm³/mol. The van der Waals surface area contributed by atoms with Crippen molar-refractivity contribution in [2.75, 3.05) is 6.61 Å². The van der Waals surface area contributed by atoms with Gasteiger partial charge < -0.3 is 34.8 Å². The summed E-state index contributed by atoms with van der Waals surface area (Å²) in [5.74, 6) is -0.539. The summed E-state index contributed by atoms with van der Waals surface area (Å²) in [6.07, 6.45) is -6.05. The molecular weight excluding hydrogens is 284 g/mol. The normalized spacial score (nSPS) is 15.8. The number of hydrogen-bond donors (Lipinski definition) is 4. The van der Waals surface area contributed by atoms with Gasteiger partial charge in [0.1, 0.15) is 24.1 Å². The SMILES string of the molecule is CC(C)=O.CCCC(=O)O[C@@H]([C@H](O)[C@H](O)CO)[C@@H](O)C=O. The molecule has 0 aliphatic heterocycles. The van der Waals surface area contributed by atoms with Crippen LogP contribution in [0.2, 0.25) is 0 Å². The van der Waals surface area contributed by atoms with E-state index in [4.69, 9.17) is 10.2 Å².